The number of nitrogens with zero attached hydrogens (tertiary/aromatic N) is 2. The number of aromatic nitrogens is 2. The van der Waals surface area contributed by atoms with Gasteiger partial charge < -0.3 is 9.15 Å². The molecular weight excluding hydrogens is 284 g/mol. The zero-order valence-electron chi connectivity index (χ0n) is 14.3. The van der Waals surface area contributed by atoms with Gasteiger partial charge in [-0.15, -0.1) is 10.2 Å². The number of hydrogen-bond donors (Lipinski definition) is 0. The molecule has 0 amide bonds. The third-order valence-electron chi connectivity index (χ3n) is 3.45. The Morgan fingerprint density at radius 1 is 1.23 bits per heavy atom. The summed E-state index contributed by atoms with van der Waals surface area (Å²) in [6.07, 6.45) is 0.662. The van der Waals surface area contributed by atoms with E-state index >= 15 is 0 Å². The molecule has 1 aromatic heterocycles. The zero-order chi connectivity index (χ0) is 16.9. The van der Waals surface area contributed by atoms with Crippen LogP contribution in [0.1, 0.15) is 64.5 Å². The molecule has 0 spiro atoms. The lowest BCUT2D eigenvalue weighted by atomic mass is 9.71. The quantitative estimate of drug-likeness (QED) is 0.720. The number of ether oxygens (including phenoxy) is 1. The molecule has 0 radical (unpaired) electrons. The summed E-state index contributed by atoms with van der Waals surface area (Å²) in [6.45, 7) is 12.3. The number of hydrogen-bond acceptors (Lipinski definition) is 6. The van der Waals surface area contributed by atoms with Gasteiger partial charge in [0.1, 0.15) is 5.78 Å². The van der Waals surface area contributed by atoms with Crippen molar-refractivity contribution in [2.24, 2.45) is 17.3 Å². The van der Waals surface area contributed by atoms with Crippen molar-refractivity contribution < 1.29 is 18.7 Å². The predicted molar refractivity (Wildman–Crippen MR) is 81.4 cm³/mol. The molecule has 1 heterocycles. The topological polar surface area (TPSA) is 82.3 Å². The Bertz CT molecular complexity index is 514. The molecule has 0 saturated heterocycles. The number of carbonyl (C=O) groups is 2. The van der Waals surface area contributed by atoms with Crippen LogP contribution in [-0.4, -0.2) is 28.6 Å². The monoisotopic (exact) mass is 310 g/mol. The summed E-state index contributed by atoms with van der Waals surface area (Å²) in [5, 5.41) is 7.43. The van der Waals surface area contributed by atoms with Gasteiger partial charge in [0.05, 0.1) is 6.61 Å². The van der Waals surface area contributed by atoms with Gasteiger partial charge in [0, 0.05) is 18.8 Å². The van der Waals surface area contributed by atoms with E-state index in [2.05, 4.69) is 44.8 Å². The largest absolute Gasteiger partial charge is 0.459 e. The molecule has 0 aliphatic heterocycles. The molecule has 0 bridgehead atoms. The van der Waals surface area contributed by atoms with Crippen molar-refractivity contribution in [3.63, 3.8) is 0 Å². The number of Topliss-reactive ketones (excluding diaryl/α,β-unsaturated/α-hetero) is 1. The number of rotatable bonds is 7. The number of esters is 1. The van der Waals surface area contributed by atoms with Gasteiger partial charge in [-0.3, -0.25) is 4.79 Å². The Morgan fingerprint density at radius 2 is 1.86 bits per heavy atom. The van der Waals surface area contributed by atoms with Crippen LogP contribution in [0.25, 0.3) is 0 Å². The summed E-state index contributed by atoms with van der Waals surface area (Å²) >= 11 is 0. The normalized spacial score (nSPS) is 13.2. The molecule has 0 N–H and O–H groups in total. The summed E-state index contributed by atoms with van der Waals surface area (Å²) in [4.78, 5) is 23.9. The van der Waals surface area contributed by atoms with E-state index in [1.165, 1.54) is 0 Å². The van der Waals surface area contributed by atoms with Gasteiger partial charge in [0.2, 0.25) is 5.89 Å². The standard InChI is InChI=1S/C16H26N2O4/c1-7-21-15(20)14-18-17-12(22-14)9-8-11(19)13(10(2)3)16(4,5)6/h10,13H,7-9H2,1-6H3. The first-order valence-electron chi connectivity index (χ1n) is 7.69. The van der Waals surface area contributed by atoms with Crippen molar-refractivity contribution >= 4 is 11.8 Å². The average Bonchev–Trinajstić information content (AvgIpc) is 2.83. The van der Waals surface area contributed by atoms with E-state index in [0.29, 0.717) is 12.8 Å². The molecule has 1 atom stereocenters. The van der Waals surface area contributed by atoms with Crippen LogP contribution in [0.4, 0.5) is 0 Å². The summed E-state index contributed by atoms with van der Waals surface area (Å²) in [6, 6.07) is 0. The first kappa shape index (κ1) is 18.3. The highest BCUT2D eigenvalue weighted by atomic mass is 16.5. The van der Waals surface area contributed by atoms with Gasteiger partial charge in [0.25, 0.3) is 0 Å². The second-order valence-corrected chi connectivity index (χ2v) is 6.78. The summed E-state index contributed by atoms with van der Waals surface area (Å²) < 4.78 is 10.0. The maximum atomic E-state index is 12.5. The molecule has 0 aromatic carbocycles. The molecule has 1 unspecified atom stereocenters. The van der Waals surface area contributed by atoms with Crippen molar-refractivity contribution in [2.45, 2.75) is 54.4 Å². The lowest BCUT2D eigenvalue weighted by molar-refractivity contribution is -0.128. The lowest BCUT2D eigenvalue weighted by Crippen LogP contribution is -2.33. The Kier molecular flexibility index (Phi) is 6.26. The van der Waals surface area contributed by atoms with Gasteiger partial charge in [-0.1, -0.05) is 34.6 Å². The predicted octanol–water partition coefficient (Wildman–Crippen LogP) is 3.07. The molecule has 22 heavy (non-hydrogen) atoms. The minimum Gasteiger partial charge on any atom is -0.459 e. The van der Waals surface area contributed by atoms with Crippen LogP contribution in [0.3, 0.4) is 0 Å². The van der Waals surface area contributed by atoms with E-state index in [1.807, 2.05) is 0 Å². The zero-order valence-corrected chi connectivity index (χ0v) is 14.3. The molecule has 0 aliphatic rings. The average molecular weight is 310 g/mol. The van der Waals surface area contributed by atoms with Gasteiger partial charge in [-0.05, 0) is 18.3 Å². The van der Waals surface area contributed by atoms with E-state index < -0.39 is 5.97 Å². The molecule has 1 rings (SSSR count). The van der Waals surface area contributed by atoms with E-state index in [4.69, 9.17) is 9.15 Å². The molecule has 6 nitrogen and oxygen atoms in total. The van der Waals surface area contributed by atoms with Crippen LogP contribution in [0.2, 0.25) is 0 Å². The van der Waals surface area contributed by atoms with E-state index in [1.54, 1.807) is 6.92 Å². The fourth-order valence-corrected chi connectivity index (χ4v) is 2.87. The van der Waals surface area contributed by atoms with Crippen LogP contribution in [0, 0.1) is 17.3 Å². The Morgan fingerprint density at radius 3 is 2.36 bits per heavy atom. The molecule has 124 valence electrons. The molecule has 0 aliphatic carbocycles. The Labute approximate surface area is 131 Å². The van der Waals surface area contributed by atoms with Crippen LogP contribution in [-0.2, 0) is 16.0 Å². The highest BCUT2D eigenvalue weighted by molar-refractivity contribution is 5.84. The summed E-state index contributed by atoms with van der Waals surface area (Å²) in [7, 11) is 0. The molecule has 1 aromatic rings. The number of carbonyl (C=O) groups excluding carboxylic acids is 2. The Hall–Kier alpha value is -1.72. The van der Waals surface area contributed by atoms with Crippen LogP contribution in [0.5, 0.6) is 0 Å². The molecule has 0 saturated carbocycles. The third-order valence-corrected chi connectivity index (χ3v) is 3.45. The number of aryl methyl sites for hydroxylation is 1. The highest BCUT2D eigenvalue weighted by Crippen LogP contribution is 2.33. The SMILES string of the molecule is CCOC(=O)c1nnc(CCC(=O)C(C(C)C)C(C)(C)C)o1. The maximum absolute atomic E-state index is 12.5. The van der Waals surface area contributed by atoms with Crippen LogP contribution >= 0.6 is 0 Å². The highest BCUT2D eigenvalue weighted by Gasteiger charge is 2.33. The van der Waals surface area contributed by atoms with Gasteiger partial charge in [-0.2, -0.15) is 0 Å². The van der Waals surface area contributed by atoms with E-state index in [0.717, 1.165) is 0 Å². The second kappa shape index (κ2) is 7.51. The first-order valence-corrected chi connectivity index (χ1v) is 7.69. The third kappa shape index (κ3) is 4.93. The van der Waals surface area contributed by atoms with Crippen molar-refractivity contribution in [3.05, 3.63) is 11.8 Å². The maximum Gasteiger partial charge on any atom is 0.396 e. The Balaban J connectivity index is 2.66. The fraction of sp³-hybridized carbons (Fsp3) is 0.750. The van der Waals surface area contributed by atoms with Crippen molar-refractivity contribution in [3.8, 4) is 0 Å². The second-order valence-electron chi connectivity index (χ2n) is 6.78. The molecule has 0 fully saturated rings. The lowest BCUT2D eigenvalue weighted by Gasteiger charge is -2.32. The minimum atomic E-state index is -0.637. The molecule has 6 heteroatoms. The van der Waals surface area contributed by atoms with Crippen LogP contribution in [0.15, 0.2) is 4.42 Å². The molecular formula is C16H26N2O4. The van der Waals surface area contributed by atoms with Gasteiger partial charge in [-0.25, -0.2) is 4.79 Å². The fourth-order valence-electron chi connectivity index (χ4n) is 2.87. The van der Waals surface area contributed by atoms with Gasteiger partial charge >= 0.3 is 11.9 Å². The van der Waals surface area contributed by atoms with E-state index in [-0.39, 0.29) is 41.4 Å². The van der Waals surface area contributed by atoms with Crippen molar-refractivity contribution in [2.75, 3.05) is 6.61 Å². The van der Waals surface area contributed by atoms with Crippen LogP contribution < -0.4 is 0 Å². The summed E-state index contributed by atoms with van der Waals surface area (Å²) in [5.74, 6) is -0.0979. The first-order chi connectivity index (χ1) is 10.2. The van der Waals surface area contributed by atoms with Gasteiger partial charge in [0.15, 0.2) is 0 Å². The van der Waals surface area contributed by atoms with Crippen molar-refractivity contribution in [1.82, 2.24) is 10.2 Å². The van der Waals surface area contributed by atoms with E-state index in [9.17, 15) is 9.59 Å². The number of ketones is 1. The van der Waals surface area contributed by atoms with Crippen molar-refractivity contribution in [1.29, 1.82) is 0 Å². The minimum absolute atomic E-state index is 0.0278. The smallest absolute Gasteiger partial charge is 0.396 e. The summed E-state index contributed by atoms with van der Waals surface area (Å²) in [5.41, 5.74) is -0.0871.